The van der Waals surface area contributed by atoms with Gasteiger partial charge in [-0.15, -0.1) is 0 Å². The maximum Gasteiger partial charge on any atom is 0.306 e. The van der Waals surface area contributed by atoms with Gasteiger partial charge in [-0.25, -0.2) is 0 Å². The number of unbranched alkanes of at least 4 members (excludes halogenated alkanes) is 25. The van der Waals surface area contributed by atoms with E-state index >= 15 is 0 Å². The van der Waals surface area contributed by atoms with Crippen LogP contribution in [0.25, 0.3) is 0 Å². The summed E-state index contributed by atoms with van der Waals surface area (Å²) in [5, 5.41) is 9.57. The highest BCUT2D eigenvalue weighted by Gasteiger charge is 2.13. The zero-order valence-corrected chi connectivity index (χ0v) is 30.4. The summed E-state index contributed by atoms with van der Waals surface area (Å²) in [5.74, 6) is -0.200. The van der Waals surface area contributed by atoms with Crippen LogP contribution in [0.4, 0.5) is 0 Å². The van der Waals surface area contributed by atoms with Gasteiger partial charge in [0.25, 0.3) is 0 Å². The number of allylic oxidation sites excluding steroid dienone is 4. The second-order valence-electron chi connectivity index (χ2n) is 13.4. The first kappa shape index (κ1) is 43.9. The predicted molar refractivity (Wildman–Crippen MR) is 196 cm³/mol. The van der Waals surface area contributed by atoms with Gasteiger partial charge in [-0.05, 0) is 44.9 Å². The molecule has 0 bridgehead atoms. The molecule has 45 heavy (non-hydrogen) atoms. The maximum absolute atomic E-state index is 12.1. The van der Waals surface area contributed by atoms with E-state index in [0.717, 1.165) is 25.7 Å². The van der Waals surface area contributed by atoms with E-state index in [4.69, 9.17) is 9.47 Å². The van der Waals surface area contributed by atoms with Crippen LogP contribution in [0.3, 0.4) is 0 Å². The Kier molecular flexibility index (Phi) is 38.1. The number of hydrogen-bond acceptors (Lipinski definition) is 4. The lowest BCUT2D eigenvalue weighted by molar-refractivity contribution is -0.154. The smallest absolute Gasteiger partial charge is 0.306 e. The van der Waals surface area contributed by atoms with E-state index in [-0.39, 0.29) is 12.6 Å². The lowest BCUT2D eigenvalue weighted by Gasteiger charge is -2.16. The summed E-state index contributed by atoms with van der Waals surface area (Å²) in [6.07, 6.45) is 46.5. The molecule has 0 aromatic carbocycles. The minimum absolute atomic E-state index is 0.169. The van der Waals surface area contributed by atoms with E-state index in [1.54, 1.807) is 0 Å². The Morgan fingerprint density at radius 1 is 0.533 bits per heavy atom. The third-order valence-corrected chi connectivity index (χ3v) is 8.78. The summed E-state index contributed by atoms with van der Waals surface area (Å²) in [6.45, 7) is 5.33. The Morgan fingerprint density at radius 2 is 0.933 bits per heavy atom. The Bertz CT molecular complexity index is 629. The summed E-state index contributed by atoms with van der Waals surface area (Å²) >= 11 is 0. The molecular formula is C41H78O4. The molecule has 4 nitrogen and oxygen atoms in total. The average molecular weight is 635 g/mol. The Labute approximate surface area is 281 Å². The van der Waals surface area contributed by atoms with E-state index in [2.05, 4.69) is 38.2 Å². The molecule has 0 heterocycles. The third-order valence-electron chi connectivity index (χ3n) is 8.78. The molecule has 0 aromatic rings. The maximum atomic E-state index is 12.1. The SMILES string of the molecule is CCCCC/C=C\C/C=C\CCCCCCCCCCCCOCC(CO)OC(=O)CCCCCCCCCCCCCCC. The van der Waals surface area contributed by atoms with Crippen LogP contribution in [0.2, 0.25) is 0 Å². The molecular weight excluding hydrogens is 556 g/mol. The molecule has 4 heteroatoms. The first-order valence-corrected chi connectivity index (χ1v) is 19.9. The summed E-state index contributed by atoms with van der Waals surface area (Å²) in [6, 6.07) is 0. The van der Waals surface area contributed by atoms with Gasteiger partial charge in [0.15, 0.2) is 0 Å². The molecule has 0 rings (SSSR count). The van der Waals surface area contributed by atoms with Crippen molar-refractivity contribution >= 4 is 5.97 Å². The van der Waals surface area contributed by atoms with Gasteiger partial charge >= 0.3 is 5.97 Å². The van der Waals surface area contributed by atoms with Crippen LogP contribution in [0.5, 0.6) is 0 Å². The zero-order chi connectivity index (χ0) is 32.7. The Balaban J connectivity index is 3.40. The lowest BCUT2D eigenvalue weighted by atomic mass is 10.0. The largest absolute Gasteiger partial charge is 0.457 e. The topological polar surface area (TPSA) is 55.8 Å². The molecule has 1 atom stereocenters. The molecule has 1 N–H and O–H groups in total. The average Bonchev–Trinajstić information content (AvgIpc) is 3.05. The van der Waals surface area contributed by atoms with E-state index in [9.17, 15) is 9.90 Å². The van der Waals surface area contributed by atoms with Gasteiger partial charge in [-0.1, -0.05) is 179 Å². The lowest BCUT2D eigenvalue weighted by Crippen LogP contribution is -2.27. The molecule has 0 saturated carbocycles. The second-order valence-corrected chi connectivity index (χ2v) is 13.4. The molecule has 0 amide bonds. The highest BCUT2D eigenvalue weighted by atomic mass is 16.6. The molecule has 0 aliphatic carbocycles. The zero-order valence-electron chi connectivity index (χ0n) is 30.4. The number of aliphatic hydroxyl groups is 1. The minimum atomic E-state index is -0.530. The van der Waals surface area contributed by atoms with Crippen LogP contribution >= 0.6 is 0 Å². The summed E-state index contributed by atoms with van der Waals surface area (Å²) in [7, 11) is 0. The van der Waals surface area contributed by atoms with Crippen molar-refractivity contribution in [2.45, 2.75) is 213 Å². The third kappa shape index (κ3) is 37.2. The number of aliphatic hydroxyl groups excluding tert-OH is 1. The van der Waals surface area contributed by atoms with Crippen molar-refractivity contribution in [1.29, 1.82) is 0 Å². The molecule has 0 saturated heterocycles. The molecule has 0 fully saturated rings. The van der Waals surface area contributed by atoms with Gasteiger partial charge < -0.3 is 14.6 Å². The summed E-state index contributed by atoms with van der Waals surface area (Å²) in [5.41, 5.74) is 0. The predicted octanol–water partition coefficient (Wildman–Crippen LogP) is 12.8. The fourth-order valence-electron chi connectivity index (χ4n) is 5.77. The van der Waals surface area contributed by atoms with Crippen molar-refractivity contribution in [3.05, 3.63) is 24.3 Å². The standard InChI is InChI=1S/C41H78O4/c1-3-5-7-9-11-13-15-17-18-19-20-21-22-23-25-27-29-31-33-35-37-44-39-40(38-42)45-41(43)36-34-32-30-28-26-24-16-14-12-10-8-6-4-2/h11,13,17-18,40,42H,3-10,12,14-16,19-39H2,1-2H3/b13-11-,18-17-. The van der Waals surface area contributed by atoms with Gasteiger partial charge in [0.05, 0.1) is 13.2 Å². The van der Waals surface area contributed by atoms with Crippen LogP contribution in [-0.2, 0) is 14.3 Å². The van der Waals surface area contributed by atoms with Crippen molar-refractivity contribution in [2.24, 2.45) is 0 Å². The molecule has 1 unspecified atom stereocenters. The van der Waals surface area contributed by atoms with Gasteiger partial charge in [-0.2, -0.15) is 0 Å². The van der Waals surface area contributed by atoms with Crippen molar-refractivity contribution < 1.29 is 19.4 Å². The van der Waals surface area contributed by atoms with Gasteiger partial charge in [0.2, 0.25) is 0 Å². The fraction of sp³-hybridized carbons (Fsp3) is 0.878. The van der Waals surface area contributed by atoms with Crippen LogP contribution in [0.15, 0.2) is 24.3 Å². The Morgan fingerprint density at radius 3 is 1.42 bits per heavy atom. The molecule has 0 aromatic heterocycles. The number of esters is 1. The van der Waals surface area contributed by atoms with Gasteiger partial charge in [0, 0.05) is 13.0 Å². The number of carbonyl (C=O) groups excluding carboxylic acids is 1. The molecule has 0 aliphatic rings. The molecule has 0 aliphatic heterocycles. The summed E-state index contributed by atoms with van der Waals surface area (Å²) in [4.78, 5) is 12.1. The number of carbonyl (C=O) groups is 1. The fourth-order valence-corrected chi connectivity index (χ4v) is 5.77. The Hall–Kier alpha value is -1.13. The first-order chi connectivity index (χ1) is 22.2. The van der Waals surface area contributed by atoms with Crippen LogP contribution in [-0.4, -0.2) is 37.0 Å². The highest BCUT2D eigenvalue weighted by Crippen LogP contribution is 2.14. The van der Waals surface area contributed by atoms with E-state index in [1.165, 1.54) is 161 Å². The summed E-state index contributed by atoms with van der Waals surface area (Å²) < 4.78 is 11.1. The number of rotatable bonds is 37. The van der Waals surface area contributed by atoms with E-state index < -0.39 is 6.10 Å². The quantitative estimate of drug-likeness (QED) is 0.0420. The van der Waals surface area contributed by atoms with Crippen molar-refractivity contribution in [2.75, 3.05) is 19.8 Å². The number of hydrogen-bond donors (Lipinski definition) is 1. The number of ether oxygens (including phenoxy) is 2. The van der Waals surface area contributed by atoms with E-state index in [1.807, 2.05) is 0 Å². The van der Waals surface area contributed by atoms with Crippen LogP contribution < -0.4 is 0 Å². The minimum Gasteiger partial charge on any atom is -0.457 e. The highest BCUT2D eigenvalue weighted by molar-refractivity contribution is 5.69. The van der Waals surface area contributed by atoms with Crippen LogP contribution in [0, 0.1) is 0 Å². The van der Waals surface area contributed by atoms with Gasteiger partial charge in [-0.3, -0.25) is 4.79 Å². The van der Waals surface area contributed by atoms with Crippen molar-refractivity contribution in [3.63, 3.8) is 0 Å². The molecule has 0 spiro atoms. The monoisotopic (exact) mass is 635 g/mol. The van der Waals surface area contributed by atoms with Gasteiger partial charge in [0.1, 0.15) is 6.10 Å². The van der Waals surface area contributed by atoms with Crippen molar-refractivity contribution in [3.8, 4) is 0 Å². The molecule has 266 valence electrons. The van der Waals surface area contributed by atoms with E-state index in [0.29, 0.717) is 19.6 Å². The molecule has 0 radical (unpaired) electrons. The first-order valence-electron chi connectivity index (χ1n) is 19.9. The normalized spacial score (nSPS) is 12.5. The van der Waals surface area contributed by atoms with Crippen molar-refractivity contribution in [1.82, 2.24) is 0 Å². The van der Waals surface area contributed by atoms with Crippen LogP contribution in [0.1, 0.15) is 206 Å². The second kappa shape index (κ2) is 39.1.